The molecule has 1 unspecified atom stereocenters. The molecule has 0 amide bonds. The molecule has 0 aliphatic heterocycles. The van der Waals surface area contributed by atoms with Gasteiger partial charge in [-0.3, -0.25) is 9.59 Å². The van der Waals surface area contributed by atoms with Crippen LogP contribution in [0, 0.1) is 0 Å². The first kappa shape index (κ1) is 64.3. The highest BCUT2D eigenvalue weighted by Gasteiger charge is 2.16. The summed E-state index contributed by atoms with van der Waals surface area (Å²) in [5, 5.41) is 9.66. The SMILES string of the molecule is CC/C=C\C/C=C\C/C=C\C/C=C\C/C=C\C/C=C\CCCCCCCCCCC(=O)OC(CO)COC(=O)CCCCCCCCCCCCCCCC/C=C\C/C=C\C/C=C\C/C=C\CC. The van der Waals surface area contributed by atoms with Gasteiger partial charge in [0.2, 0.25) is 0 Å². The van der Waals surface area contributed by atoms with Gasteiger partial charge in [0.05, 0.1) is 6.61 Å². The first-order chi connectivity index (χ1) is 33.6. The zero-order valence-electron chi connectivity index (χ0n) is 44.1. The van der Waals surface area contributed by atoms with E-state index >= 15 is 0 Å². The van der Waals surface area contributed by atoms with E-state index in [1.54, 1.807) is 0 Å². The summed E-state index contributed by atoms with van der Waals surface area (Å²) in [4.78, 5) is 24.5. The number of hydrogen-bond acceptors (Lipinski definition) is 5. The van der Waals surface area contributed by atoms with E-state index in [0.29, 0.717) is 12.8 Å². The topological polar surface area (TPSA) is 72.8 Å². The monoisotopic (exact) mass is 941 g/mol. The van der Waals surface area contributed by atoms with Crippen molar-refractivity contribution in [3.8, 4) is 0 Å². The summed E-state index contributed by atoms with van der Waals surface area (Å²) >= 11 is 0. The van der Waals surface area contributed by atoms with Gasteiger partial charge in [-0.2, -0.15) is 0 Å². The number of unbranched alkanes of at least 4 members (excludes halogenated alkanes) is 22. The molecule has 386 valence electrons. The Morgan fingerprint density at radius 3 is 0.882 bits per heavy atom. The molecule has 0 bridgehead atoms. The van der Waals surface area contributed by atoms with Crippen molar-refractivity contribution in [1.29, 1.82) is 0 Å². The summed E-state index contributed by atoms with van der Waals surface area (Å²) in [6.45, 7) is 3.91. The number of ether oxygens (including phenoxy) is 2. The zero-order valence-corrected chi connectivity index (χ0v) is 44.1. The van der Waals surface area contributed by atoms with Crippen LogP contribution in [0.2, 0.25) is 0 Å². The van der Waals surface area contributed by atoms with E-state index in [9.17, 15) is 14.7 Å². The van der Waals surface area contributed by atoms with Gasteiger partial charge in [0.1, 0.15) is 6.61 Å². The van der Waals surface area contributed by atoms with Crippen LogP contribution in [0.3, 0.4) is 0 Å². The van der Waals surface area contributed by atoms with Gasteiger partial charge in [-0.1, -0.05) is 251 Å². The van der Waals surface area contributed by atoms with Crippen LogP contribution in [0.5, 0.6) is 0 Å². The Labute approximate surface area is 420 Å². The van der Waals surface area contributed by atoms with Gasteiger partial charge in [-0.05, 0) is 103 Å². The number of carbonyl (C=O) groups excluding carboxylic acids is 2. The summed E-state index contributed by atoms with van der Waals surface area (Å²) in [5.41, 5.74) is 0. The smallest absolute Gasteiger partial charge is 0.306 e. The zero-order chi connectivity index (χ0) is 49.2. The highest BCUT2D eigenvalue weighted by molar-refractivity contribution is 5.70. The van der Waals surface area contributed by atoms with Crippen molar-refractivity contribution in [3.05, 3.63) is 122 Å². The molecule has 0 aromatic carbocycles. The molecule has 0 rings (SSSR count). The molecular weight excluding hydrogens is 837 g/mol. The Balaban J connectivity index is 3.54. The molecule has 1 N–H and O–H groups in total. The molecule has 0 radical (unpaired) electrons. The lowest BCUT2D eigenvalue weighted by molar-refractivity contribution is -0.161. The molecule has 0 saturated carbocycles. The van der Waals surface area contributed by atoms with Crippen LogP contribution in [0.1, 0.15) is 245 Å². The quantitative estimate of drug-likeness (QED) is 0.0374. The van der Waals surface area contributed by atoms with Crippen LogP contribution in [0.4, 0.5) is 0 Å². The van der Waals surface area contributed by atoms with E-state index in [4.69, 9.17) is 9.47 Å². The molecule has 0 saturated heterocycles. The van der Waals surface area contributed by atoms with E-state index < -0.39 is 6.10 Å². The maximum absolute atomic E-state index is 12.3. The second kappa shape index (κ2) is 57.6. The molecule has 5 heteroatoms. The van der Waals surface area contributed by atoms with Crippen LogP contribution < -0.4 is 0 Å². The largest absolute Gasteiger partial charge is 0.462 e. The van der Waals surface area contributed by atoms with Crippen molar-refractivity contribution >= 4 is 11.9 Å². The summed E-state index contributed by atoms with van der Waals surface area (Å²) in [7, 11) is 0. The minimum Gasteiger partial charge on any atom is -0.462 e. The third-order valence-corrected chi connectivity index (χ3v) is 11.8. The molecular formula is C63H104O5. The molecule has 68 heavy (non-hydrogen) atoms. The summed E-state index contributed by atoms with van der Waals surface area (Å²) in [6, 6.07) is 0. The van der Waals surface area contributed by atoms with Crippen LogP contribution in [-0.2, 0) is 19.1 Å². The molecule has 0 aliphatic rings. The summed E-state index contributed by atoms with van der Waals surface area (Å²) < 4.78 is 10.7. The Hall–Kier alpha value is -3.70. The third-order valence-electron chi connectivity index (χ3n) is 11.8. The molecule has 0 spiro atoms. The van der Waals surface area contributed by atoms with E-state index in [1.165, 1.54) is 109 Å². The van der Waals surface area contributed by atoms with Crippen LogP contribution in [-0.4, -0.2) is 36.4 Å². The number of aliphatic hydroxyl groups is 1. The summed E-state index contributed by atoms with van der Waals surface area (Å²) in [6.07, 6.45) is 84.5. The Kier molecular flexibility index (Phi) is 54.5. The molecule has 0 aromatic heterocycles. The lowest BCUT2D eigenvalue weighted by Crippen LogP contribution is -2.28. The first-order valence-corrected chi connectivity index (χ1v) is 28.1. The maximum Gasteiger partial charge on any atom is 0.306 e. The van der Waals surface area contributed by atoms with Gasteiger partial charge < -0.3 is 14.6 Å². The predicted molar refractivity (Wildman–Crippen MR) is 297 cm³/mol. The number of rotatable bonds is 50. The number of aliphatic hydroxyl groups excluding tert-OH is 1. The number of hydrogen-bond donors (Lipinski definition) is 1. The molecule has 1 atom stereocenters. The van der Waals surface area contributed by atoms with Crippen molar-refractivity contribution in [2.24, 2.45) is 0 Å². The predicted octanol–water partition coefficient (Wildman–Crippen LogP) is 19.1. The van der Waals surface area contributed by atoms with Gasteiger partial charge in [0.25, 0.3) is 0 Å². The Morgan fingerprint density at radius 1 is 0.338 bits per heavy atom. The molecule has 0 aromatic rings. The van der Waals surface area contributed by atoms with E-state index in [-0.39, 0.29) is 25.2 Å². The molecule has 5 nitrogen and oxygen atoms in total. The first-order valence-electron chi connectivity index (χ1n) is 28.1. The van der Waals surface area contributed by atoms with Gasteiger partial charge >= 0.3 is 11.9 Å². The fraction of sp³-hybridized carbons (Fsp3) is 0.651. The van der Waals surface area contributed by atoms with Crippen LogP contribution in [0.15, 0.2) is 122 Å². The normalized spacial score (nSPS) is 13.2. The van der Waals surface area contributed by atoms with Crippen molar-refractivity contribution in [1.82, 2.24) is 0 Å². The fourth-order valence-electron chi connectivity index (χ4n) is 7.61. The van der Waals surface area contributed by atoms with Crippen molar-refractivity contribution < 1.29 is 24.2 Å². The fourth-order valence-corrected chi connectivity index (χ4v) is 7.61. The van der Waals surface area contributed by atoms with Gasteiger partial charge in [0, 0.05) is 12.8 Å². The minimum atomic E-state index is -0.786. The Morgan fingerprint density at radius 2 is 0.588 bits per heavy atom. The third kappa shape index (κ3) is 54.9. The second-order valence-corrected chi connectivity index (χ2v) is 18.2. The molecule has 0 aliphatic carbocycles. The van der Waals surface area contributed by atoms with Crippen molar-refractivity contribution in [2.45, 2.75) is 251 Å². The van der Waals surface area contributed by atoms with Gasteiger partial charge in [-0.15, -0.1) is 0 Å². The maximum atomic E-state index is 12.3. The van der Waals surface area contributed by atoms with Gasteiger partial charge in [0.15, 0.2) is 6.10 Å². The number of esters is 2. The highest BCUT2D eigenvalue weighted by Crippen LogP contribution is 2.15. The van der Waals surface area contributed by atoms with Crippen molar-refractivity contribution in [2.75, 3.05) is 13.2 Å². The van der Waals surface area contributed by atoms with Crippen LogP contribution >= 0.6 is 0 Å². The standard InChI is InChI=1S/C63H104O5/c1-3-5-7-9-11-13-15-17-19-21-23-25-27-29-31-33-35-37-39-41-43-45-47-49-51-53-55-57-62(65)67-60-61(59-64)68-63(66)58-56-54-52-50-48-46-44-42-40-38-36-34-32-30-28-26-24-22-20-18-16-14-12-10-8-6-4-2/h5-8,11-14,17-20,23-26,30,32,36,38,61,64H,3-4,9-10,15-16,21-22,27-29,31,33-35,37,39-60H2,1-2H3/b7-5-,8-6-,13-11-,14-12-,19-17-,20-18-,25-23-,26-24-,32-30-,38-36-. The highest BCUT2D eigenvalue weighted by atomic mass is 16.6. The minimum absolute atomic E-state index is 0.0755. The Bertz CT molecular complexity index is 1390. The van der Waals surface area contributed by atoms with E-state index in [2.05, 4.69) is 135 Å². The summed E-state index contributed by atoms with van der Waals surface area (Å²) in [5.74, 6) is -0.603. The average molecular weight is 942 g/mol. The van der Waals surface area contributed by atoms with E-state index in [0.717, 1.165) is 109 Å². The van der Waals surface area contributed by atoms with Crippen molar-refractivity contribution in [3.63, 3.8) is 0 Å². The lowest BCUT2D eigenvalue weighted by Gasteiger charge is -2.15. The molecule has 0 heterocycles. The second-order valence-electron chi connectivity index (χ2n) is 18.2. The lowest BCUT2D eigenvalue weighted by atomic mass is 10.0. The molecule has 0 fully saturated rings. The van der Waals surface area contributed by atoms with Crippen LogP contribution in [0.25, 0.3) is 0 Å². The number of carbonyl (C=O) groups is 2. The average Bonchev–Trinajstić information content (AvgIpc) is 3.34. The van der Waals surface area contributed by atoms with Gasteiger partial charge in [-0.25, -0.2) is 0 Å². The number of allylic oxidation sites excluding steroid dienone is 20. The van der Waals surface area contributed by atoms with E-state index in [1.807, 2.05) is 0 Å².